The molecule has 0 radical (unpaired) electrons. The van der Waals surface area contributed by atoms with E-state index in [-0.39, 0.29) is 11.0 Å². The highest BCUT2D eigenvalue weighted by atomic mass is 32.1. The van der Waals surface area contributed by atoms with Gasteiger partial charge in [-0.25, -0.2) is 4.98 Å². The SMILES string of the molecule is CCNC1(c2nc(C(C)(C)C)cs2)CC2CCC1C2. The van der Waals surface area contributed by atoms with Crippen LogP contribution in [0.2, 0.25) is 0 Å². The topological polar surface area (TPSA) is 24.9 Å². The van der Waals surface area contributed by atoms with Crippen LogP contribution in [0.1, 0.15) is 64.1 Å². The predicted molar refractivity (Wildman–Crippen MR) is 81.6 cm³/mol. The van der Waals surface area contributed by atoms with Crippen LogP contribution in [0.3, 0.4) is 0 Å². The molecule has 2 bridgehead atoms. The fraction of sp³-hybridized carbons (Fsp3) is 0.812. The maximum Gasteiger partial charge on any atom is 0.113 e. The van der Waals surface area contributed by atoms with Crippen molar-refractivity contribution in [1.29, 1.82) is 0 Å². The number of aromatic nitrogens is 1. The molecule has 1 aromatic rings. The van der Waals surface area contributed by atoms with E-state index < -0.39 is 0 Å². The molecule has 0 saturated heterocycles. The molecule has 0 aliphatic heterocycles. The maximum atomic E-state index is 5.03. The quantitative estimate of drug-likeness (QED) is 0.901. The van der Waals surface area contributed by atoms with Crippen LogP contribution in [0.4, 0.5) is 0 Å². The number of nitrogens with one attached hydrogen (secondary N) is 1. The van der Waals surface area contributed by atoms with E-state index in [1.54, 1.807) is 0 Å². The van der Waals surface area contributed by atoms with Gasteiger partial charge in [-0.15, -0.1) is 11.3 Å². The minimum Gasteiger partial charge on any atom is -0.305 e. The molecule has 2 nitrogen and oxygen atoms in total. The number of nitrogens with zero attached hydrogens (tertiary/aromatic N) is 1. The summed E-state index contributed by atoms with van der Waals surface area (Å²) >= 11 is 1.88. The minimum atomic E-state index is 0.166. The molecule has 0 amide bonds. The third-order valence-corrected chi connectivity index (χ3v) is 6.02. The molecule has 2 fully saturated rings. The van der Waals surface area contributed by atoms with Gasteiger partial charge in [-0.1, -0.05) is 34.1 Å². The van der Waals surface area contributed by atoms with Crippen LogP contribution in [-0.2, 0) is 11.0 Å². The highest BCUT2D eigenvalue weighted by Crippen LogP contribution is 2.56. The Bertz CT molecular complexity index is 460. The zero-order chi connectivity index (χ0) is 13.7. The van der Waals surface area contributed by atoms with Crippen LogP contribution < -0.4 is 5.32 Å². The van der Waals surface area contributed by atoms with Crippen molar-refractivity contribution in [3.8, 4) is 0 Å². The highest BCUT2D eigenvalue weighted by Gasteiger charge is 2.53. The summed E-state index contributed by atoms with van der Waals surface area (Å²) in [6, 6.07) is 0. The number of fused-ring (bicyclic) bond motifs is 2. The monoisotopic (exact) mass is 278 g/mol. The third kappa shape index (κ3) is 2.15. The molecule has 0 aromatic carbocycles. The first-order valence-electron chi connectivity index (χ1n) is 7.67. The average Bonchev–Trinajstić information content (AvgIpc) is 3.03. The van der Waals surface area contributed by atoms with Crippen molar-refractivity contribution in [2.75, 3.05) is 6.54 Å². The fourth-order valence-electron chi connectivity index (χ4n) is 4.02. The van der Waals surface area contributed by atoms with Crippen LogP contribution in [-0.4, -0.2) is 11.5 Å². The lowest BCUT2D eigenvalue weighted by Gasteiger charge is -2.37. The van der Waals surface area contributed by atoms with Crippen molar-refractivity contribution >= 4 is 11.3 Å². The second-order valence-electron chi connectivity index (χ2n) is 7.37. The van der Waals surface area contributed by atoms with Crippen molar-refractivity contribution in [3.05, 3.63) is 16.1 Å². The second kappa shape index (κ2) is 4.56. The Balaban J connectivity index is 1.95. The van der Waals surface area contributed by atoms with Gasteiger partial charge in [0, 0.05) is 10.8 Å². The van der Waals surface area contributed by atoms with Crippen molar-refractivity contribution in [2.24, 2.45) is 11.8 Å². The van der Waals surface area contributed by atoms with E-state index in [1.807, 2.05) is 11.3 Å². The van der Waals surface area contributed by atoms with E-state index >= 15 is 0 Å². The molecule has 2 aliphatic carbocycles. The van der Waals surface area contributed by atoms with E-state index in [0.717, 1.165) is 18.4 Å². The van der Waals surface area contributed by atoms with Gasteiger partial charge in [0.15, 0.2) is 0 Å². The maximum absolute atomic E-state index is 5.03. The summed E-state index contributed by atoms with van der Waals surface area (Å²) in [7, 11) is 0. The average molecular weight is 278 g/mol. The normalized spacial score (nSPS) is 34.1. The van der Waals surface area contributed by atoms with Crippen LogP contribution >= 0.6 is 11.3 Å². The van der Waals surface area contributed by atoms with Crippen LogP contribution in [0.5, 0.6) is 0 Å². The smallest absolute Gasteiger partial charge is 0.113 e. The van der Waals surface area contributed by atoms with E-state index in [2.05, 4.69) is 38.4 Å². The molecule has 1 N–H and O–H groups in total. The molecule has 2 aliphatic rings. The standard InChI is InChI=1S/C16H26N2S/c1-5-17-16(9-11-6-7-12(16)8-11)14-18-13(10-19-14)15(2,3)4/h10-12,17H,5-9H2,1-4H3. The molecular weight excluding hydrogens is 252 g/mol. The predicted octanol–water partition coefficient (Wildman–Crippen LogP) is 4.07. The first-order chi connectivity index (χ1) is 8.95. The van der Waals surface area contributed by atoms with E-state index in [0.29, 0.717) is 0 Å². The van der Waals surface area contributed by atoms with E-state index in [4.69, 9.17) is 4.98 Å². The van der Waals surface area contributed by atoms with Crippen molar-refractivity contribution in [1.82, 2.24) is 10.3 Å². The van der Waals surface area contributed by atoms with Crippen molar-refractivity contribution < 1.29 is 0 Å². The van der Waals surface area contributed by atoms with Gasteiger partial charge in [-0.3, -0.25) is 0 Å². The Morgan fingerprint density at radius 3 is 2.68 bits per heavy atom. The summed E-state index contributed by atoms with van der Waals surface area (Å²) in [5, 5.41) is 7.45. The number of thiazole rings is 1. The van der Waals surface area contributed by atoms with E-state index in [9.17, 15) is 0 Å². The lowest BCUT2D eigenvalue weighted by atomic mass is 9.81. The number of hydrogen-bond acceptors (Lipinski definition) is 3. The molecule has 106 valence electrons. The van der Waals surface area contributed by atoms with Crippen molar-refractivity contribution in [2.45, 2.75) is 64.3 Å². The Labute approximate surface area is 121 Å². The Morgan fingerprint density at radius 2 is 2.21 bits per heavy atom. The fourth-order valence-corrected chi connectivity index (χ4v) is 5.34. The van der Waals surface area contributed by atoms with Gasteiger partial charge in [-0.05, 0) is 37.6 Å². The molecule has 3 rings (SSSR count). The largest absolute Gasteiger partial charge is 0.305 e. The number of rotatable bonds is 3. The van der Waals surface area contributed by atoms with Crippen LogP contribution in [0.25, 0.3) is 0 Å². The highest BCUT2D eigenvalue weighted by molar-refractivity contribution is 7.09. The van der Waals surface area contributed by atoms with Gasteiger partial charge >= 0.3 is 0 Å². The van der Waals surface area contributed by atoms with Crippen LogP contribution in [0.15, 0.2) is 5.38 Å². The first-order valence-corrected chi connectivity index (χ1v) is 8.55. The van der Waals surface area contributed by atoms with Crippen molar-refractivity contribution in [3.63, 3.8) is 0 Å². The molecule has 0 spiro atoms. The Hall–Kier alpha value is -0.410. The Morgan fingerprint density at radius 1 is 1.42 bits per heavy atom. The summed E-state index contributed by atoms with van der Waals surface area (Å²) in [4.78, 5) is 5.03. The van der Waals surface area contributed by atoms with Crippen LogP contribution in [0, 0.1) is 11.8 Å². The van der Waals surface area contributed by atoms with Gasteiger partial charge in [-0.2, -0.15) is 0 Å². The van der Waals surface area contributed by atoms with Gasteiger partial charge in [0.25, 0.3) is 0 Å². The van der Waals surface area contributed by atoms with Gasteiger partial charge in [0.05, 0.1) is 11.2 Å². The summed E-state index contributed by atoms with van der Waals surface area (Å²) in [6.07, 6.45) is 5.55. The zero-order valence-electron chi connectivity index (χ0n) is 12.6. The number of hydrogen-bond donors (Lipinski definition) is 1. The summed E-state index contributed by atoms with van der Waals surface area (Å²) in [5.74, 6) is 1.75. The molecular formula is C16H26N2S. The summed E-state index contributed by atoms with van der Waals surface area (Å²) in [5.41, 5.74) is 1.62. The molecule has 19 heavy (non-hydrogen) atoms. The van der Waals surface area contributed by atoms with Gasteiger partial charge in [0.1, 0.15) is 5.01 Å². The van der Waals surface area contributed by atoms with E-state index in [1.165, 1.54) is 36.4 Å². The lowest BCUT2D eigenvalue weighted by molar-refractivity contribution is 0.213. The second-order valence-corrected chi connectivity index (χ2v) is 8.23. The van der Waals surface area contributed by atoms with Gasteiger partial charge in [0.2, 0.25) is 0 Å². The Kier molecular flexibility index (Phi) is 3.25. The molecule has 2 saturated carbocycles. The summed E-state index contributed by atoms with van der Waals surface area (Å²) in [6.45, 7) is 10.0. The molecule has 3 heteroatoms. The molecule has 3 unspecified atom stereocenters. The first kappa shape index (κ1) is 13.6. The minimum absolute atomic E-state index is 0.166. The molecule has 1 aromatic heterocycles. The molecule has 3 atom stereocenters. The zero-order valence-corrected chi connectivity index (χ0v) is 13.4. The van der Waals surface area contributed by atoms with Gasteiger partial charge < -0.3 is 5.32 Å². The summed E-state index contributed by atoms with van der Waals surface area (Å²) < 4.78 is 0. The lowest BCUT2D eigenvalue weighted by Crippen LogP contribution is -2.46. The third-order valence-electron chi connectivity index (χ3n) is 5.00. The molecule has 1 heterocycles.